The molecule has 0 bridgehead atoms. The Morgan fingerprint density at radius 2 is 1.72 bits per heavy atom. The van der Waals surface area contributed by atoms with Crippen LogP contribution >= 0.6 is 23.2 Å². The standard InChI is InChI=1S/C26H29Cl2F3N4O3S/c1-4-39(37,38)22-6-5-18(27)11-17(22)13-35-15-32-24-19(25(35)36)12-21(26(29,30)31)20(23(24)28)14-33-7-9-34(10-8-33)16(2)3/h5-6,11-12,15-16H,4,7-10,13-14H2,1-3H3. The van der Waals surface area contributed by atoms with Crippen LogP contribution in [-0.2, 0) is 29.1 Å². The van der Waals surface area contributed by atoms with Crippen molar-refractivity contribution in [2.24, 2.45) is 0 Å². The molecule has 1 saturated heterocycles. The number of alkyl halides is 3. The average Bonchev–Trinajstić information content (AvgIpc) is 2.87. The van der Waals surface area contributed by atoms with Crippen molar-refractivity contribution in [1.29, 1.82) is 0 Å². The van der Waals surface area contributed by atoms with Gasteiger partial charge in [-0.05, 0) is 49.2 Å². The zero-order valence-corrected chi connectivity index (χ0v) is 24.1. The Balaban J connectivity index is 1.77. The molecule has 2 heterocycles. The van der Waals surface area contributed by atoms with Gasteiger partial charge in [0.15, 0.2) is 9.84 Å². The number of fused-ring (bicyclic) bond motifs is 1. The topological polar surface area (TPSA) is 75.5 Å². The molecular weight excluding hydrogens is 576 g/mol. The molecule has 0 atom stereocenters. The first kappa shape index (κ1) is 29.8. The van der Waals surface area contributed by atoms with Crippen molar-refractivity contribution in [2.45, 2.75) is 51.0 Å². The zero-order chi connectivity index (χ0) is 28.7. The van der Waals surface area contributed by atoms with Gasteiger partial charge in [0.2, 0.25) is 0 Å². The highest BCUT2D eigenvalue weighted by atomic mass is 35.5. The van der Waals surface area contributed by atoms with Crippen LogP contribution in [0.4, 0.5) is 13.2 Å². The van der Waals surface area contributed by atoms with E-state index in [4.69, 9.17) is 23.2 Å². The third kappa shape index (κ3) is 6.27. The lowest BCUT2D eigenvalue weighted by Crippen LogP contribution is -2.48. The van der Waals surface area contributed by atoms with Crippen LogP contribution in [0.15, 0.2) is 40.3 Å². The Kier molecular flexibility index (Phi) is 8.68. The maximum atomic E-state index is 14.2. The lowest BCUT2D eigenvalue weighted by molar-refractivity contribution is -0.138. The van der Waals surface area contributed by atoms with E-state index < -0.39 is 27.1 Å². The number of aromatic nitrogens is 2. The average molecular weight is 606 g/mol. The third-order valence-corrected chi connectivity index (χ3v) is 9.53. The fraction of sp³-hybridized carbons (Fsp3) is 0.462. The lowest BCUT2D eigenvalue weighted by Gasteiger charge is -2.37. The molecule has 1 aliphatic heterocycles. The van der Waals surface area contributed by atoms with Gasteiger partial charge in [0, 0.05) is 43.8 Å². The number of benzene rings is 2. The molecule has 13 heteroatoms. The molecule has 0 saturated carbocycles. The number of nitrogens with zero attached hydrogens (tertiary/aromatic N) is 4. The number of halogens is 5. The van der Waals surface area contributed by atoms with Crippen LogP contribution in [-0.4, -0.2) is 65.7 Å². The van der Waals surface area contributed by atoms with Crippen molar-refractivity contribution in [3.63, 3.8) is 0 Å². The van der Waals surface area contributed by atoms with Gasteiger partial charge < -0.3 is 0 Å². The summed E-state index contributed by atoms with van der Waals surface area (Å²) < 4.78 is 68.9. The van der Waals surface area contributed by atoms with Crippen molar-refractivity contribution < 1.29 is 21.6 Å². The minimum absolute atomic E-state index is 0.0108. The molecule has 1 fully saturated rings. The molecule has 39 heavy (non-hydrogen) atoms. The molecular formula is C26H29Cl2F3N4O3S. The van der Waals surface area contributed by atoms with Crippen molar-refractivity contribution in [1.82, 2.24) is 19.4 Å². The summed E-state index contributed by atoms with van der Waals surface area (Å²) >= 11 is 12.6. The SMILES string of the molecule is CCS(=O)(=O)c1ccc(Cl)cc1Cn1cnc2c(Cl)c(CN3CCN(C(C)C)CC3)c(C(F)(F)F)cc2c1=O. The van der Waals surface area contributed by atoms with E-state index in [-0.39, 0.29) is 55.8 Å². The van der Waals surface area contributed by atoms with Gasteiger partial charge in [-0.25, -0.2) is 13.4 Å². The molecule has 0 spiro atoms. The number of hydrogen-bond acceptors (Lipinski definition) is 6. The highest BCUT2D eigenvalue weighted by Crippen LogP contribution is 2.39. The summed E-state index contributed by atoms with van der Waals surface area (Å²) in [6.45, 7) is 7.98. The quantitative estimate of drug-likeness (QED) is 0.374. The summed E-state index contributed by atoms with van der Waals surface area (Å²) in [5.41, 5.74) is -1.68. The minimum Gasteiger partial charge on any atom is -0.298 e. The van der Waals surface area contributed by atoms with Gasteiger partial charge >= 0.3 is 6.18 Å². The molecule has 2 aromatic carbocycles. The number of hydrogen-bond donors (Lipinski definition) is 0. The molecule has 4 rings (SSSR count). The lowest BCUT2D eigenvalue weighted by atomic mass is 10.0. The maximum absolute atomic E-state index is 14.2. The van der Waals surface area contributed by atoms with E-state index in [1.165, 1.54) is 25.1 Å². The Hall–Kier alpha value is -2.18. The van der Waals surface area contributed by atoms with Crippen LogP contribution in [0, 0.1) is 0 Å². The molecule has 0 unspecified atom stereocenters. The maximum Gasteiger partial charge on any atom is 0.416 e. The summed E-state index contributed by atoms with van der Waals surface area (Å²) in [6, 6.07) is 5.33. The molecule has 3 aromatic rings. The van der Waals surface area contributed by atoms with Crippen LogP contribution < -0.4 is 5.56 Å². The fourth-order valence-electron chi connectivity index (χ4n) is 4.80. The van der Waals surface area contributed by atoms with Crippen LogP contribution in [0.3, 0.4) is 0 Å². The summed E-state index contributed by atoms with van der Waals surface area (Å²) in [5.74, 6) is -0.174. The zero-order valence-electron chi connectivity index (χ0n) is 21.7. The molecule has 1 aliphatic rings. The Labute approximate surface area is 235 Å². The number of sulfone groups is 1. The Bertz CT molecular complexity index is 1550. The van der Waals surface area contributed by atoms with Gasteiger partial charge in [-0.2, -0.15) is 13.2 Å². The van der Waals surface area contributed by atoms with Gasteiger partial charge in [0.1, 0.15) is 0 Å². The van der Waals surface area contributed by atoms with E-state index in [1.807, 2.05) is 4.90 Å². The first-order valence-corrected chi connectivity index (χ1v) is 14.9. The molecule has 0 amide bonds. The highest BCUT2D eigenvalue weighted by molar-refractivity contribution is 7.91. The van der Waals surface area contributed by atoms with Gasteiger partial charge in [-0.15, -0.1) is 0 Å². The van der Waals surface area contributed by atoms with E-state index in [2.05, 4.69) is 23.7 Å². The van der Waals surface area contributed by atoms with E-state index in [0.29, 0.717) is 19.1 Å². The second-order valence-electron chi connectivity index (χ2n) is 9.85. The van der Waals surface area contributed by atoms with Crippen LogP contribution in [0.1, 0.15) is 37.5 Å². The predicted octanol–water partition coefficient (Wildman–Crippen LogP) is 5.09. The van der Waals surface area contributed by atoms with E-state index in [0.717, 1.165) is 30.1 Å². The fourth-order valence-corrected chi connectivity index (χ4v) is 6.41. The van der Waals surface area contributed by atoms with Crippen LogP contribution in [0.25, 0.3) is 10.9 Å². The normalized spacial score (nSPS) is 15.9. The Morgan fingerprint density at radius 3 is 2.31 bits per heavy atom. The van der Waals surface area contributed by atoms with Crippen molar-refractivity contribution in [3.8, 4) is 0 Å². The van der Waals surface area contributed by atoms with Gasteiger partial charge in [-0.1, -0.05) is 30.1 Å². The molecule has 7 nitrogen and oxygen atoms in total. The molecule has 0 N–H and O–H groups in total. The largest absolute Gasteiger partial charge is 0.416 e. The third-order valence-electron chi connectivity index (χ3n) is 7.06. The number of piperazine rings is 1. The molecule has 212 valence electrons. The molecule has 0 radical (unpaired) electrons. The predicted molar refractivity (Wildman–Crippen MR) is 146 cm³/mol. The molecule has 0 aliphatic carbocycles. The summed E-state index contributed by atoms with van der Waals surface area (Å²) in [5, 5.41) is -0.263. The van der Waals surface area contributed by atoms with Crippen LogP contribution in [0.2, 0.25) is 10.0 Å². The highest BCUT2D eigenvalue weighted by Gasteiger charge is 2.36. The van der Waals surface area contributed by atoms with Crippen molar-refractivity contribution in [3.05, 3.63) is 67.7 Å². The monoisotopic (exact) mass is 604 g/mol. The van der Waals surface area contributed by atoms with Gasteiger partial charge in [0.25, 0.3) is 5.56 Å². The second-order valence-corrected chi connectivity index (χ2v) is 12.9. The summed E-state index contributed by atoms with van der Waals surface area (Å²) in [6.07, 6.45) is -3.59. The summed E-state index contributed by atoms with van der Waals surface area (Å²) in [7, 11) is -3.65. The van der Waals surface area contributed by atoms with E-state index in [1.54, 1.807) is 0 Å². The summed E-state index contributed by atoms with van der Waals surface area (Å²) in [4.78, 5) is 21.8. The second kappa shape index (κ2) is 11.4. The van der Waals surface area contributed by atoms with Crippen LogP contribution in [0.5, 0.6) is 0 Å². The smallest absolute Gasteiger partial charge is 0.298 e. The number of rotatable bonds is 7. The van der Waals surface area contributed by atoms with Crippen molar-refractivity contribution >= 4 is 43.9 Å². The van der Waals surface area contributed by atoms with Crippen molar-refractivity contribution in [2.75, 3.05) is 31.9 Å². The first-order valence-electron chi connectivity index (χ1n) is 12.5. The minimum atomic E-state index is -4.75. The molecule has 1 aromatic heterocycles. The van der Waals surface area contributed by atoms with E-state index >= 15 is 0 Å². The van der Waals surface area contributed by atoms with E-state index in [9.17, 15) is 26.4 Å². The van der Waals surface area contributed by atoms with Gasteiger partial charge in [0.05, 0.1) is 45.0 Å². The van der Waals surface area contributed by atoms with Gasteiger partial charge in [-0.3, -0.25) is 19.2 Å². The Morgan fingerprint density at radius 1 is 1.05 bits per heavy atom. The first-order chi connectivity index (χ1) is 18.2.